The van der Waals surface area contributed by atoms with Gasteiger partial charge in [0, 0.05) is 11.7 Å². The summed E-state index contributed by atoms with van der Waals surface area (Å²) in [5.41, 5.74) is 2.36. The van der Waals surface area contributed by atoms with Gasteiger partial charge >= 0.3 is 0 Å². The molecule has 0 aliphatic rings. The predicted octanol–water partition coefficient (Wildman–Crippen LogP) is 2.92. The van der Waals surface area contributed by atoms with Crippen LogP contribution in [0.4, 0.5) is 4.39 Å². The highest BCUT2D eigenvalue weighted by molar-refractivity contribution is 5.80. The quantitative estimate of drug-likeness (QED) is 0.664. The second-order valence-electron chi connectivity index (χ2n) is 3.26. The van der Waals surface area contributed by atoms with E-state index in [0.717, 1.165) is 5.52 Å². The average molecular weight is 177 g/mol. The molecular weight excluding hydrogens is 165 g/mol. The zero-order valence-corrected chi connectivity index (χ0v) is 7.63. The summed E-state index contributed by atoms with van der Waals surface area (Å²) in [6.45, 7) is 2.20. The molecule has 0 fully saturated rings. The van der Waals surface area contributed by atoms with E-state index in [0.29, 0.717) is 6.54 Å². The lowest BCUT2D eigenvalue weighted by Crippen LogP contribution is -1.96. The Morgan fingerprint density at radius 3 is 2.92 bits per heavy atom. The maximum absolute atomic E-state index is 12.1. The Kier molecular flexibility index (Phi) is 2.05. The van der Waals surface area contributed by atoms with E-state index >= 15 is 0 Å². The van der Waals surface area contributed by atoms with E-state index in [1.165, 1.54) is 10.9 Å². The van der Waals surface area contributed by atoms with E-state index < -0.39 is 0 Å². The Morgan fingerprint density at radius 1 is 1.31 bits per heavy atom. The van der Waals surface area contributed by atoms with Gasteiger partial charge in [0.25, 0.3) is 0 Å². The molecule has 0 saturated carbocycles. The van der Waals surface area contributed by atoms with Gasteiger partial charge in [0.05, 0.1) is 6.54 Å². The van der Waals surface area contributed by atoms with Crippen LogP contribution in [0.5, 0.6) is 0 Å². The average Bonchev–Trinajstić information content (AvgIpc) is 2.49. The van der Waals surface area contributed by atoms with Crippen LogP contribution in [-0.2, 0) is 6.54 Å². The van der Waals surface area contributed by atoms with Crippen molar-refractivity contribution in [2.24, 2.45) is 0 Å². The smallest absolute Gasteiger partial charge is 0.107 e. The van der Waals surface area contributed by atoms with E-state index in [1.807, 2.05) is 22.9 Å². The maximum Gasteiger partial charge on any atom is 0.107 e. The lowest BCUT2D eigenvalue weighted by Gasteiger charge is -2.01. The number of rotatable bonds is 2. The number of hydrogen-bond donors (Lipinski definition) is 0. The van der Waals surface area contributed by atoms with Gasteiger partial charge in [-0.05, 0) is 30.5 Å². The van der Waals surface area contributed by atoms with Crippen LogP contribution in [0.15, 0.2) is 30.5 Å². The summed E-state index contributed by atoms with van der Waals surface area (Å²) in [7, 11) is 0. The standard InChI is InChI=1S/C11H12FN/c1-9-2-3-11-10(8-9)4-6-13(11)7-5-12/h2-4,6,8H,5,7H2,1H3. The number of aryl methyl sites for hydroxylation is 2. The van der Waals surface area contributed by atoms with Crippen LogP contribution in [0.2, 0.25) is 0 Å². The third-order valence-corrected chi connectivity index (χ3v) is 2.25. The van der Waals surface area contributed by atoms with Crippen LogP contribution in [0, 0.1) is 6.92 Å². The zero-order valence-electron chi connectivity index (χ0n) is 7.63. The molecular formula is C11H12FN. The molecule has 0 spiro atoms. The summed E-state index contributed by atoms with van der Waals surface area (Å²) in [4.78, 5) is 0. The first-order valence-corrected chi connectivity index (χ1v) is 4.43. The van der Waals surface area contributed by atoms with E-state index in [-0.39, 0.29) is 6.67 Å². The Morgan fingerprint density at radius 2 is 2.15 bits per heavy atom. The first kappa shape index (κ1) is 8.30. The molecule has 68 valence electrons. The summed E-state index contributed by atoms with van der Waals surface area (Å²) in [6.07, 6.45) is 1.93. The van der Waals surface area contributed by atoms with Crippen molar-refractivity contribution in [1.29, 1.82) is 0 Å². The van der Waals surface area contributed by atoms with Gasteiger partial charge in [-0.3, -0.25) is 0 Å². The first-order valence-electron chi connectivity index (χ1n) is 4.43. The molecule has 0 bridgehead atoms. The Balaban J connectivity index is 2.55. The highest BCUT2D eigenvalue weighted by Gasteiger charge is 1.99. The number of alkyl halides is 1. The number of aromatic nitrogens is 1. The molecule has 0 atom stereocenters. The minimum atomic E-state index is -0.308. The molecule has 0 amide bonds. The van der Waals surface area contributed by atoms with Gasteiger partial charge in [-0.25, -0.2) is 4.39 Å². The van der Waals surface area contributed by atoms with Gasteiger partial charge in [0.1, 0.15) is 6.67 Å². The van der Waals surface area contributed by atoms with Crippen LogP contribution < -0.4 is 0 Å². The van der Waals surface area contributed by atoms with Gasteiger partial charge in [0.2, 0.25) is 0 Å². The van der Waals surface area contributed by atoms with Gasteiger partial charge < -0.3 is 4.57 Å². The number of benzene rings is 1. The molecule has 0 saturated heterocycles. The molecule has 13 heavy (non-hydrogen) atoms. The molecule has 1 heterocycles. The molecule has 2 heteroatoms. The Hall–Kier alpha value is -1.31. The monoisotopic (exact) mass is 177 g/mol. The second-order valence-corrected chi connectivity index (χ2v) is 3.26. The van der Waals surface area contributed by atoms with Crippen molar-refractivity contribution < 1.29 is 4.39 Å². The van der Waals surface area contributed by atoms with E-state index in [4.69, 9.17) is 0 Å². The lowest BCUT2D eigenvalue weighted by molar-refractivity contribution is 0.451. The largest absolute Gasteiger partial charge is 0.345 e. The lowest BCUT2D eigenvalue weighted by atomic mass is 10.2. The summed E-state index contributed by atoms with van der Waals surface area (Å²) in [5, 5.41) is 1.19. The first-order chi connectivity index (χ1) is 6.31. The third-order valence-electron chi connectivity index (χ3n) is 2.25. The molecule has 0 aliphatic carbocycles. The van der Waals surface area contributed by atoms with Crippen molar-refractivity contribution in [1.82, 2.24) is 4.57 Å². The molecule has 2 aromatic rings. The summed E-state index contributed by atoms with van der Waals surface area (Å²) >= 11 is 0. The fraction of sp³-hybridized carbons (Fsp3) is 0.273. The van der Waals surface area contributed by atoms with Crippen molar-refractivity contribution >= 4 is 10.9 Å². The van der Waals surface area contributed by atoms with Crippen LogP contribution in [0.25, 0.3) is 10.9 Å². The Bertz CT molecular complexity index is 417. The van der Waals surface area contributed by atoms with Crippen molar-refractivity contribution in [3.63, 3.8) is 0 Å². The summed E-state index contributed by atoms with van der Waals surface area (Å²) < 4.78 is 14.1. The van der Waals surface area contributed by atoms with Crippen LogP contribution in [0.3, 0.4) is 0 Å². The molecule has 0 aliphatic heterocycles. The SMILES string of the molecule is Cc1ccc2c(ccn2CCF)c1. The van der Waals surface area contributed by atoms with Crippen LogP contribution in [-0.4, -0.2) is 11.2 Å². The number of nitrogens with zero attached hydrogens (tertiary/aromatic N) is 1. The van der Waals surface area contributed by atoms with Crippen molar-refractivity contribution in [3.8, 4) is 0 Å². The van der Waals surface area contributed by atoms with Gasteiger partial charge in [-0.2, -0.15) is 0 Å². The molecule has 1 nitrogen and oxygen atoms in total. The third kappa shape index (κ3) is 1.44. The van der Waals surface area contributed by atoms with Gasteiger partial charge in [0.15, 0.2) is 0 Å². The van der Waals surface area contributed by atoms with Crippen molar-refractivity contribution in [2.45, 2.75) is 13.5 Å². The van der Waals surface area contributed by atoms with Crippen LogP contribution >= 0.6 is 0 Å². The fourth-order valence-corrected chi connectivity index (χ4v) is 1.61. The maximum atomic E-state index is 12.1. The normalized spacial score (nSPS) is 10.9. The fourth-order valence-electron chi connectivity index (χ4n) is 1.61. The Labute approximate surface area is 76.8 Å². The number of halogens is 1. The molecule has 2 rings (SSSR count). The second kappa shape index (κ2) is 3.21. The molecule has 0 unspecified atom stereocenters. The zero-order chi connectivity index (χ0) is 9.26. The molecule has 1 aromatic heterocycles. The minimum absolute atomic E-state index is 0.308. The summed E-state index contributed by atoms with van der Waals surface area (Å²) in [5.74, 6) is 0. The van der Waals surface area contributed by atoms with Crippen LogP contribution in [0.1, 0.15) is 5.56 Å². The van der Waals surface area contributed by atoms with Crippen molar-refractivity contribution in [3.05, 3.63) is 36.0 Å². The van der Waals surface area contributed by atoms with Crippen molar-refractivity contribution in [2.75, 3.05) is 6.67 Å². The van der Waals surface area contributed by atoms with E-state index in [1.54, 1.807) is 0 Å². The highest BCUT2D eigenvalue weighted by Crippen LogP contribution is 2.17. The highest BCUT2D eigenvalue weighted by atomic mass is 19.1. The van der Waals surface area contributed by atoms with E-state index in [2.05, 4.69) is 19.1 Å². The number of hydrogen-bond acceptors (Lipinski definition) is 0. The topological polar surface area (TPSA) is 4.93 Å². The molecule has 0 N–H and O–H groups in total. The number of fused-ring (bicyclic) bond motifs is 1. The van der Waals surface area contributed by atoms with E-state index in [9.17, 15) is 4.39 Å². The van der Waals surface area contributed by atoms with Gasteiger partial charge in [-0.1, -0.05) is 11.6 Å². The van der Waals surface area contributed by atoms with Gasteiger partial charge in [-0.15, -0.1) is 0 Å². The predicted molar refractivity (Wildman–Crippen MR) is 52.7 cm³/mol. The molecule has 1 aromatic carbocycles. The summed E-state index contributed by atoms with van der Waals surface area (Å²) in [6, 6.07) is 8.24. The minimum Gasteiger partial charge on any atom is -0.345 e. The molecule has 0 radical (unpaired) electrons.